The molecule has 0 fully saturated rings. The summed E-state index contributed by atoms with van der Waals surface area (Å²) in [6.45, 7) is 5.62. The summed E-state index contributed by atoms with van der Waals surface area (Å²) >= 11 is 1.66. The number of nitrogens with zero attached hydrogens (tertiary/aromatic N) is 1. The Morgan fingerprint density at radius 3 is 3.00 bits per heavy atom. The zero-order valence-electron chi connectivity index (χ0n) is 11.2. The summed E-state index contributed by atoms with van der Waals surface area (Å²) in [4.78, 5) is 16.1. The van der Waals surface area contributed by atoms with Crippen LogP contribution >= 0.6 is 11.3 Å². The fourth-order valence-corrected chi connectivity index (χ4v) is 2.12. The normalized spacial score (nSPS) is 12.4. The van der Waals surface area contributed by atoms with Gasteiger partial charge in [-0.25, -0.2) is 4.98 Å². The van der Waals surface area contributed by atoms with Gasteiger partial charge in [-0.3, -0.25) is 4.79 Å². The van der Waals surface area contributed by atoms with Crippen LogP contribution in [0.3, 0.4) is 0 Å². The highest BCUT2D eigenvalue weighted by atomic mass is 32.1. The molecule has 18 heavy (non-hydrogen) atoms. The third-order valence-corrected chi connectivity index (χ3v) is 3.53. The van der Waals surface area contributed by atoms with Gasteiger partial charge < -0.3 is 15.4 Å². The van der Waals surface area contributed by atoms with Crippen molar-refractivity contribution in [3.63, 3.8) is 0 Å². The molecule has 1 heterocycles. The van der Waals surface area contributed by atoms with Crippen molar-refractivity contribution in [2.45, 2.75) is 32.9 Å². The average molecular weight is 271 g/mol. The maximum Gasteiger partial charge on any atom is 0.236 e. The molecule has 1 aromatic rings. The number of aromatic nitrogens is 1. The SMILES string of the molecule is CCc1nc(CNC(C)C(=O)NCCOC)cs1. The summed E-state index contributed by atoms with van der Waals surface area (Å²) in [5.41, 5.74) is 0.994. The molecule has 1 rings (SSSR count). The third kappa shape index (κ3) is 5.12. The van der Waals surface area contributed by atoms with Crippen molar-refractivity contribution in [2.75, 3.05) is 20.3 Å². The van der Waals surface area contributed by atoms with Gasteiger partial charge in [0.1, 0.15) is 0 Å². The number of rotatable bonds is 8. The van der Waals surface area contributed by atoms with Gasteiger partial charge in [-0.2, -0.15) is 0 Å². The Morgan fingerprint density at radius 2 is 2.39 bits per heavy atom. The highest BCUT2D eigenvalue weighted by molar-refractivity contribution is 7.09. The second-order valence-electron chi connectivity index (χ2n) is 3.97. The maximum absolute atomic E-state index is 11.7. The quantitative estimate of drug-likeness (QED) is 0.691. The number of aryl methyl sites for hydroxylation is 1. The molecule has 1 aromatic heterocycles. The van der Waals surface area contributed by atoms with Gasteiger partial charge in [-0.1, -0.05) is 6.92 Å². The molecule has 6 heteroatoms. The molecule has 0 aromatic carbocycles. The van der Waals surface area contributed by atoms with Crippen LogP contribution in [-0.2, 0) is 22.5 Å². The molecule has 0 aliphatic rings. The van der Waals surface area contributed by atoms with E-state index in [1.807, 2.05) is 12.3 Å². The Labute approximate surface area is 112 Å². The topological polar surface area (TPSA) is 63.2 Å². The van der Waals surface area contributed by atoms with E-state index in [-0.39, 0.29) is 11.9 Å². The summed E-state index contributed by atoms with van der Waals surface area (Å²) in [5, 5.41) is 9.10. The molecule has 0 radical (unpaired) electrons. The van der Waals surface area contributed by atoms with E-state index in [2.05, 4.69) is 22.5 Å². The van der Waals surface area contributed by atoms with E-state index in [4.69, 9.17) is 4.74 Å². The van der Waals surface area contributed by atoms with Crippen LogP contribution in [-0.4, -0.2) is 37.2 Å². The lowest BCUT2D eigenvalue weighted by atomic mass is 10.3. The van der Waals surface area contributed by atoms with E-state index in [9.17, 15) is 4.79 Å². The van der Waals surface area contributed by atoms with Crippen LogP contribution in [0.5, 0.6) is 0 Å². The van der Waals surface area contributed by atoms with Crippen LogP contribution in [0.4, 0.5) is 0 Å². The molecule has 1 amide bonds. The van der Waals surface area contributed by atoms with E-state index in [1.54, 1.807) is 18.4 Å². The molecule has 0 aliphatic carbocycles. The largest absolute Gasteiger partial charge is 0.383 e. The van der Waals surface area contributed by atoms with E-state index < -0.39 is 0 Å². The second-order valence-corrected chi connectivity index (χ2v) is 4.92. The lowest BCUT2D eigenvalue weighted by molar-refractivity contribution is -0.122. The van der Waals surface area contributed by atoms with Gasteiger partial charge in [0.05, 0.1) is 23.4 Å². The smallest absolute Gasteiger partial charge is 0.236 e. The van der Waals surface area contributed by atoms with Gasteiger partial charge in [-0.05, 0) is 13.3 Å². The summed E-state index contributed by atoms with van der Waals surface area (Å²) in [6, 6.07) is -0.228. The van der Waals surface area contributed by atoms with Gasteiger partial charge in [0.25, 0.3) is 0 Å². The van der Waals surface area contributed by atoms with E-state index in [0.29, 0.717) is 19.7 Å². The number of carbonyl (C=O) groups is 1. The molecule has 0 aliphatic heterocycles. The number of hydrogen-bond acceptors (Lipinski definition) is 5. The van der Waals surface area contributed by atoms with E-state index in [0.717, 1.165) is 17.1 Å². The lowest BCUT2D eigenvalue weighted by Crippen LogP contribution is -2.42. The summed E-state index contributed by atoms with van der Waals surface area (Å²) in [5.74, 6) is -0.0157. The highest BCUT2D eigenvalue weighted by Crippen LogP contribution is 2.09. The molecular formula is C12H21N3O2S. The van der Waals surface area contributed by atoms with Gasteiger partial charge in [-0.15, -0.1) is 11.3 Å². The Morgan fingerprint density at radius 1 is 1.61 bits per heavy atom. The molecule has 2 N–H and O–H groups in total. The van der Waals surface area contributed by atoms with Gasteiger partial charge >= 0.3 is 0 Å². The molecule has 102 valence electrons. The van der Waals surface area contributed by atoms with Crippen LogP contribution in [0.2, 0.25) is 0 Å². The molecular weight excluding hydrogens is 250 g/mol. The highest BCUT2D eigenvalue weighted by Gasteiger charge is 2.11. The zero-order valence-corrected chi connectivity index (χ0v) is 12.0. The summed E-state index contributed by atoms with van der Waals surface area (Å²) < 4.78 is 4.87. The standard InChI is InChI=1S/C12H21N3O2S/c1-4-11-15-10(8-18-11)7-14-9(2)12(16)13-5-6-17-3/h8-9,14H,4-7H2,1-3H3,(H,13,16). The number of nitrogens with one attached hydrogen (secondary N) is 2. The molecule has 1 unspecified atom stereocenters. The Bertz CT molecular complexity index is 368. The summed E-state index contributed by atoms with van der Waals surface area (Å²) in [6.07, 6.45) is 0.956. The van der Waals surface area contributed by atoms with Gasteiger partial charge in [0.15, 0.2) is 0 Å². The molecule has 0 saturated heterocycles. The fraction of sp³-hybridized carbons (Fsp3) is 0.667. The lowest BCUT2D eigenvalue weighted by Gasteiger charge is -2.12. The van der Waals surface area contributed by atoms with Gasteiger partial charge in [0.2, 0.25) is 5.91 Å². The number of hydrogen-bond donors (Lipinski definition) is 2. The van der Waals surface area contributed by atoms with E-state index in [1.165, 1.54) is 0 Å². The van der Waals surface area contributed by atoms with Crippen molar-refractivity contribution in [2.24, 2.45) is 0 Å². The van der Waals surface area contributed by atoms with Crippen LogP contribution in [0.15, 0.2) is 5.38 Å². The number of amides is 1. The van der Waals surface area contributed by atoms with Crippen molar-refractivity contribution in [1.29, 1.82) is 0 Å². The van der Waals surface area contributed by atoms with Crippen LogP contribution in [0.25, 0.3) is 0 Å². The number of methoxy groups -OCH3 is 1. The number of carbonyl (C=O) groups excluding carboxylic acids is 1. The maximum atomic E-state index is 11.7. The minimum absolute atomic E-state index is 0.0157. The molecule has 0 spiro atoms. The predicted octanol–water partition coefficient (Wildman–Crippen LogP) is 0.946. The molecule has 1 atom stereocenters. The van der Waals surface area contributed by atoms with Crippen molar-refractivity contribution in [3.8, 4) is 0 Å². The fourth-order valence-electron chi connectivity index (χ4n) is 1.37. The minimum Gasteiger partial charge on any atom is -0.383 e. The number of ether oxygens (including phenoxy) is 1. The van der Waals surface area contributed by atoms with Crippen LogP contribution in [0, 0.1) is 0 Å². The monoisotopic (exact) mass is 271 g/mol. The van der Waals surface area contributed by atoms with E-state index >= 15 is 0 Å². The first-order valence-corrected chi connectivity index (χ1v) is 6.98. The van der Waals surface area contributed by atoms with Gasteiger partial charge in [0, 0.05) is 25.6 Å². The van der Waals surface area contributed by atoms with Crippen molar-refractivity contribution < 1.29 is 9.53 Å². The predicted molar refractivity (Wildman–Crippen MR) is 72.7 cm³/mol. The Balaban J connectivity index is 2.27. The Kier molecular flexibility index (Phi) is 6.85. The first-order chi connectivity index (χ1) is 8.67. The first kappa shape index (κ1) is 15.1. The third-order valence-electron chi connectivity index (χ3n) is 2.49. The van der Waals surface area contributed by atoms with Crippen LogP contribution in [0.1, 0.15) is 24.5 Å². The van der Waals surface area contributed by atoms with Crippen molar-refractivity contribution in [1.82, 2.24) is 15.6 Å². The Hall–Kier alpha value is -0.980. The van der Waals surface area contributed by atoms with Crippen molar-refractivity contribution >= 4 is 17.2 Å². The molecule has 5 nitrogen and oxygen atoms in total. The van der Waals surface area contributed by atoms with Crippen LogP contribution < -0.4 is 10.6 Å². The molecule has 0 bridgehead atoms. The average Bonchev–Trinajstić information content (AvgIpc) is 2.84. The second kappa shape index (κ2) is 8.18. The minimum atomic E-state index is -0.228. The summed E-state index contributed by atoms with van der Waals surface area (Å²) in [7, 11) is 1.61. The molecule has 0 saturated carbocycles. The van der Waals surface area contributed by atoms with Crippen molar-refractivity contribution in [3.05, 3.63) is 16.1 Å². The zero-order chi connectivity index (χ0) is 13.4. The first-order valence-electron chi connectivity index (χ1n) is 6.10. The number of thiazole rings is 1.